The first kappa shape index (κ1) is 10.6. The molecular formula is C17H16. The van der Waals surface area contributed by atoms with Gasteiger partial charge in [-0.2, -0.15) is 0 Å². The van der Waals surface area contributed by atoms with Gasteiger partial charge in [0.15, 0.2) is 0 Å². The van der Waals surface area contributed by atoms with Gasteiger partial charge in [0.2, 0.25) is 0 Å². The SMILES string of the molecule is [C]1c2ccccc2CCC1Cc1ccccc1. The molecular weight excluding hydrogens is 204 g/mol. The lowest BCUT2D eigenvalue weighted by molar-refractivity contribution is 0.537. The summed E-state index contributed by atoms with van der Waals surface area (Å²) in [5, 5.41) is 0. The first-order valence-electron chi connectivity index (χ1n) is 6.30. The molecule has 0 bridgehead atoms. The predicted octanol–water partition coefficient (Wildman–Crippen LogP) is 3.92. The Balaban J connectivity index is 1.72. The summed E-state index contributed by atoms with van der Waals surface area (Å²) in [5.74, 6) is 0.576. The van der Waals surface area contributed by atoms with Crippen molar-refractivity contribution in [2.75, 3.05) is 0 Å². The Morgan fingerprint density at radius 1 is 0.941 bits per heavy atom. The molecule has 2 aromatic rings. The van der Waals surface area contributed by atoms with Crippen molar-refractivity contribution < 1.29 is 0 Å². The Morgan fingerprint density at radius 2 is 1.71 bits per heavy atom. The van der Waals surface area contributed by atoms with Crippen molar-refractivity contribution in [1.29, 1.82) is 0 Å². The lowest BCUT2D eigenvalue weighted by atomic mass is 9.81. The average molecular weight is 220 g/mol. The summed E-state index contributed by atoms with van der Waals surface area (Å²) in [4.78, 5) is 0. The molecule has 2 radical (unpaired) electrons. The molecule has 0 saturated carbocycles. The van der Waals surface area contributed by atoms with E-state index < -0.39 is 0 Å². The molecule has 17 heavy (non-hydrogen) atoms. The number of aryl methyl sites for hydroxylation is 1. The van der Waals surface area contributed by atoms with Crippen LogP contribution in [-0.2, 0) is 12.8 Å². The molecule has 2 aromatic carbocycles. The van der Waals surface area contributed by atoms with Crippen molar-refractivity contribution in [1.82, 2.24) is 0 Å². The van der Waals surface area contributed by atoms with Crippen LogP contribution in [0, 0.1) is 12.3 Å². The maximum Gasteiger partial charge on any atom is 0.0204 e. The Hall–Kier alpha value is -1.56. The van der Waals surface area contributed by atoms with Gasteiger partial charge < -0.3 is 0 Å². The van der Waals surface area contributed by atoms with E-state index in [1.807, 2.05) is 0 Å². The lowest BCUT2D eigenvalue weighted by Gasteiger charge is -2.23. The zero-order valence-corrected chi connectivity index (χ0v) is 9.89. The Kier molecular flexibility index (Phi) is 2.96. The summed E-state index contributed by atoms with van der Waals surface area (Å²) in [5.41, 5.74) is 4.20. The third-order valence-electron chi connectivity index (χ3n) is 3.46. The molecule has 0 aliphatic heterocycles. The highest BCUT2D eigenvalue weighted by molar-refractivity contribution is 5.36. The maximum absolute atomic E-state index is 3.65. The van der Waals surface area contributed by atoms with Gasteiger partial charge in [0.1, 0.15) is 0 Å². The molecule has 0 saturated heterocycles. The van der Waals surface area contributed by atoms with E-state index in [9.17, 15) is 0 Å². The number of hydrogen-bond donors (Lipinski definition) is 0. The second-order valence-corrected chi connectivity index (χ2v) is 4.73. The van der Waals surface area contributed by atoms with Crippen LogP contribution in [0.2, 0.25) is 0 Å². The summed E-state index contributed by atoms with van der Waals surface area (Å²) < 4.78 is 0. The molecule has 0 aromatic heterocycles. The first-order valence-corrected chi connectivity index (χ1v) is 6.30. The van der Waals surface area contributed by atoms with Crippen LogP contribution in [0.4, 0.5) is 0 Å². The van der Waals surface area contributed by atoms with E-state index in [-0.39, 0.29) is 0 Å². The topological polar surface area (TPSA) is 0 Å². The second kappa shape index (κ2) is 4.75. The summed E-state index contributed by atoms with van der Waals surface area (Å²) in [6.07, 6.45) is 7.19. The van der Waals surface area contributed by atoms with E-state index in [1.165, 1.54) is 29.5 Å². The van der Waals surface area contributed by atoms with Gasteiger partial charge in [0.05, 0.1) is 0 Å². The van der Waals surface area contributed by atoms with Gasteiger partial charge in [0, 0.05) is 6.42 Å². The lowest BCUT2D eigenvalue weighted by Crippen LogP contribution is -2.14. The smallest absolute Gasteiger partial charge is 0.0204 e. The summed E-state index contributed by atoms with van der Waals surface area (Å²) in [7, 11) is 0. The number of hydrogen-bond acceptors (Lipinski definition) is 0. The van der Waals surface area contributed by atoms with Crippen LogP contribution in [-0.4, -0.2) is 0 Å². The van der Waals surface area contributed by atoms with E-state index in [2.05, 4.69) is 61.0 Å². The molecule has 1 unspecified atom stereocenters. The van der Waals surface area contributed by atoms with Crippen LogP contribution in [0.5, 0.6) is 0 Å². The fraction of sp³-hybridized carbons (Fsp3) is 0.235. The van der Waals surface area contributed by atoms with Crippen molar-refractivity contribution in [2.24, 2.45) is 5.92 Å². The summed E-state index contributed by atoms with van der Waals surface area (Å²) in [6.45, 7) is 0. The number of benzene rings is 2. The molecule has 0 heterocycles. The maximum atomic E-state index is 3.65. The van der Waals surface area contributed by atoms with Crippen LogP contribution in [0.15, 0.2) is 54.6 Å². The van der Waals surface area contributed by atoms with Gasteiger partial charge in [-0.05, 0) is 41.9 Å². The van der Waals surface area contributed by atoms with E-state index >= 15 is 0 Å². The highest BCUT2D eigenvalue weighted by atomic mass is 14.2. The van der Waals surface area contributed by atoms with Crippen LogP contribution in [0.3, 0.4) is 0 Å². The molecule has 0 N–H and O–H groups in total. The minimum absolute atomic E-state index is 0.576. The molecule has 1 aliphatic rings. The highest BCUT2D eigenvalue weighted by Gasteiger charge is 2.18. The number of fused-ring (bicyclic) bond motifs is 1. The average Bonchev–Trinajstić information content (AvgIpc) is 2.40. The second-order valence-electron chi connectivity index (χ2n) is 4.73. The van der Waals surface area contributed by atoms with Crippen molar-refractivity contribution in [3.05, 3.63) is 77.7 Å². The highest BCUT2D eigenvalue weighted by Crippen LogP contribution is 2.29. The molecule has 0 amide bonds. The Morgan fingerprint density at radius 3 is 2.59 bits per heavy atom. The fourth-order valence-corrected chi connectivity index (χ4v) is 2.55. The summed E-state index contributed by atoms with van der Waals surface area (Å²) >= 11 is 0. The molecule has 0 heteroatoms. The fourth-order valence-electron chi connectivity index (χ4n) is 2.55. The minimum atomic E-state index is 0.576. The van der Waals surface area contributed by atoms with E-state index in [4.69, 9.17) is 0 Å². The molecule has 1 atom stereocenters. The predicted molar refractivity (Wildman–Crippen MR) is 70.7 cm³/mol. The molecule has 84 valence electrons. The minimum Gasteiger partial charge on any atom is -0.0622 e. The van der Waals surface area contributed by atoms with Gasteiger partial charge in [0.25, 0.3) is 0 Å². The summed E-state index contributed by atoms with van der Waals surface area (Å²) in [6, 6.07) is 19.4. The van der Waals surface area contributed by atoms with Crippen LogP contribution in [0.1, 0.15) is 23.1 Å². The zero-order valence-electron chi connectivity index (χ0n) is 9.89. The van der Waals surface area contributed by atoms with Gasteiger partial charge in [-0.1, -0.05) is 54.6 Å². The van der Waals surface area contributed by atoms with Gasteiger partial charge in [-0.15, -0.1) is 0 Å². The number of rotatable bonds is 2. The van der Waals surface area contributed by atoms with Gasteiger partial charge >= 0.3 is 0 Å². The van der Waals surface area contributed by atoms with Crippen LogP contribution < -0.4 is 0 Å². The molecule has 1 aliphatic carbocycles. The first-order chi connectivity index (χ1) is 8.42. The van der Waals surface area contributed by atoms with Crippen molar-refractivity contribution in [3.63, 3.8) is 0 Å². The monoisotopic (exact) mass is 220 g/mol. The normalized spacial score (nSPS) is 18.7. The van der Waals surface area contributed by atoms with Crippen molar-refractivity contribution in [3.8, 4) is 0 Å². The Labute approximate surface area is 103 Å². The molecule has 0 fully saturated rings. The third kappa shape index (κ3) is 2.41. The van der Waals surface area contributed by atoms with E-state index in [1.54, 1.807) is 0 Å². The third-order valence-corrected chi connectivity index (χ3v) is 3.46. The quantitative estimate of drug-likeness (QED) is 0.719. The molecule has 0 nitrogen and oxygen atoms in total. The van der Waals surface area contributed by atoms with Crippen LogP contribution in [0.25, 0.3) is 0 Å². The van der Waals surface area contributed by atoms with Gasteiger partial charge in [-0.25, -0.2) is 0 Å². The molecule has 3 rings (SSSR count). The standard InChI is InChI=1S/C17H16/c1-2-6-14(7-3-1)12-15-10-11-16-8-4-5-9-17(16)13-15/h1-9,15H,10-12H2. The zero-order chi connectivity index (χ0) is 11.5. The molecule has 0 spiro atoms. The van der Waals surface area contributed by atoms with Crippen LogP contribution >= 0.6 is 0 Å². The van der Waals surface area contributed by atoms with E-state index in [0.717, 1.165) is 6.42 Å². The van der Waals surface area contributed by atoms with Crippen molar-refractivity contribution >= 4 is 0 Å². The largest absolute Gasteiger partial charge is 0.0622 e. The van der Waals surface area contributed by atoms with Gasteiger partial charge in [-0.3, -0.25) is 0 Å². The Bertz CT molecular complexity index is 484. The van der Waals surface area contributed by atoms with E-state index in [0.29, 0.717) is 5.92 Å². The van der Waals surface area contributed by atoms with Crippen molar-refractivity contribution in [2.45, 2.75) is 19.3 Å².